The van der Waals surface area contributed by atoms with Gasteiger partial charge in [0.2, 0.25) is 0 Å². The molecule has 0 N–H and O–H groups in total. The molecule has 0 spiro atoms. The minimum Gasteiger partial charge on any atom is -0.381 e. The van der Waals surface area contributed by atoms with Gasteiger partial charge in [-0.1, -0.05) is 6.07 Å². The normalized spacial score (nSPS) is 23.5. The molecular formula is C17H23FN2O2. The van der Waals surface area contributed by atoms with Crippen molar-refractivity contribution >= 4 is 5.91 Å². The summed E-state index contributed by atoms with van der Waals surface area (Å²) in [5.41, 5.74) is 0.442. The Morgan fingerprint density at radius 1 is 1.27 bits per heavy atom. The molecule has 2 aliphatic rings. The molecule has 2 aliphatic heterocycles. The Morgan fingerprint density at radius 3 is 2.95 bits per heavy atom. The van der Waals surface area contributed by atoms with Crippen LogP contribution in [0.2, 0.25) is 0 Å². The number of amides is 1. The molecule has 4 nitrogen and oxygen atoms in total. The fourth-order valence-corrected chi connectivity index (χ4v) is 3.25. The van der Waals surface area contributed by atoms with Crippen LogP contribution in [0.5, 0.6) is 0 Å². The van der Waals surface area contributed by atoms with E-state index in [1.165, 1.54) is 12.1 Å². The molecule has 1 unspecified atom stereocenters. The largest absolute Gasteiger partial charge is 0.381 e. The SMILES string of the molecule is O=C(c1cccc(F)c1)N1CCCN(CC2CCOC2)CC1. The van der Waals surface area contributed by atoms with E-state index >= 15 is 0 Å². The van der Waals surface area contributed by atoms with Crippen LogP contribution < -0.4 is 0 Å². The van der Waals surface area contributed by atoms with Gasteiger partial charge in [-0.15, -0.1) is 0 Å². The number of rotatable bonds is 3. The average Bonchev–Trinajstić information content (AvgIpc) is 2.91. The Bertz CT molecular complexity index is 517. The lowest BCUT2D eigenvalue weighted by Gasteiger charge is -2.24. The second-order valence-corrected chi connectivity index (χ2v) is 6.19. The van der Waals surface area contributed by atoms with E-state index in [-0.39, 0.29) is 11.7 Å². The van der Waals surface area contributed by atoms with E-state index in [0.717, 1.165) is 52.2 Å². The first-order chi connectivity index (χ1) is 10.7. The maximum atomic E-state index is 13.3. The van der Waals surface area contributed by atoms with Crippen molar-refractivity contribution in [3.05, 3.63) is 35.6 Å². The molecule has 1 aromatic carbocycles. The van der Waals surface area contributed by atoms with Crippen LogP contribution in [-0.4, -0.2) is 61.6 Å². The summed E-state index contributed by atoms with van der Waals surface area (Å²) in [6.45, 7) is 6.16. The summed E-state index contributed by atoms with van der Waals surface area (Å²) in [7, 11) is 0. The molecule has 120 valence electrons. The van der Waals surface area contributed by atoms with Crippen molar-refractivity contribution in [1.29, 1.82) is 0 Å². The molecule has 0 aromatic heterocycles. The summed E-state index contributed by atoms with van der Waals surface area (Å²) >= 11 is 0. The van der Waals surface area contributed by atoms with Crippen LogP contribution in [0.25, 0.3) is 0 Å². The highest BCUT2D eigenvalue weighted by Gasteiger charge is 2.23. The summed E-state index contributed by atoms with van der Waals surface area (Å²) in [6, 6.07) is 5.96. The first-order valence-corrected chi connectivity index (χ1v) is 8.07. The summed E-state index contributed by atoms with van der Waals surface area (Å²) in [5, 5.41) is 0. The van der Waals surface area contributed by atoms with Crippen LogP contribution in [-0.2, 0) is 4.74 Å². The molecular weight excluding hydrogens is 283 g/mol. The third-order valence-electron chi connectivity index (χ3n) is 4.49. The molecule has 3 rings (SSSR count). The van der Waals surface area contributed by atoms with Gasteiger partial charge in [0, 0.05) is 38.3 Å². The Kier molecular flexibility index (Phi) is 5.05. The molecule has 2 saturated heterocycles. The number of hydrogen-bond donors (Lipinski definition) is 0. The van der Waals surface area contributed by atoms with Gasteiger partial charge >= 0.3 is 0 Å². The minimum absolute atomic E-state index is 0.0643. The number of nitrogens with zero attached hydrogens (tertiary/aromatic N) is 2. The van der Waals surface area contributed by atoms with Gasteiger partial charge in [-0.2, -0.15) is 0 Å². The number of ether oxygens (including phenoxy) is 1. The Hall–Kier alpha value is -1.46. The fraction of sp³-hybridized carbons (Fsp3) is 0.588. The van der Waals surface area contributed by atoms with E-state index < -0.39 is 0 Å². The van der Waals surface area contributed by atoms with Gasteiger partial charge in [0.1, 0.15) is 5.82 Å². The average molecular weight is 306 g/mol. The highest BCUT2D eigenvalue weighted by atomic mass is 19.1. The monoisotopic (exact) mass is 306 g/mol. The van der Waals surface area contributed by atoms with Gasteiger partial charge < -0.3 is 14.5 Å². The van der Waals surface area contributed by atoms with Crippen LogP contribution in [0.4, 0.5) is 4.39 Å². The predicted octanol–water partition coefficient (Wildman–Crippen LogP) is 2.01. The lowest BCUT2D eigenvalue weighted by Crippen LogP contribution is -2.36. The van der Waals surface area contributed by atoms with Crippen molar-refractivity contribution in [1.82, 2.24) is 9.80 Å². The summed E-state index contributed by atoms with van der Waals surface area (Å²) < 4.78 is 18.7. The van der Waals surface area contributed by atoms with Gasteiger partial charge in [0.25, 0.3) is 5.91 Å². The van der Waals surface area contributed by atoms with Crippen molar-refractivity contribution < 1.29 is 13.9 Å². The van der Waals surface area contributed by atoms with E-state index in [0.29, 0.717) is 18.0 Å². The molecule has 2 heterocycles. The quantitative estimate of drug-likeness (QED) is 0.856. The lowest BCUT2D eigenvalue weighted by molar-refractivity contribution is 0.0759. The summed E-state index contributed by atoms with van der Waals surface area (Å²) in [6.07, 6.45) is 2.11. The highest BCUT2D eigenvalue weighted by molar-refractivity contribution is 5.94. The molecule has 2 fully saturated rings. The predicted molar refractivity (Wildman–Crippen MR) is 82.3 cm³/mol. The molecule has 1 amide bonds. The van der Waals surface area contributed by atoms with E-state index in [2.05, 4.69) is 4.90 Å². The van der Waals surface area contributed by atoms with Gasteiger partial charge in [0.15, 0.2) is 0 Å². The molecule has 0 bridgehead atoms. The first kappa shape index (κ1) is 15.4. The smallest absolute Gasteiger partial charge is 0.254 e. The van der Waals surface area contributed by atoms with Gasteiger partial charge in [-0.05, 0) is 43.5 Å². The van der Waals surface area contributed by atoms with Crippen molar-refractivity contribution in [2.45, 2.75) is 12.8 Å². The van der Waals surface area contributed by atoms with Crippen molar-refractivity contribution in [3.63, 3.8) is 0 Å². The van der Waals surface area contributed by atoms with Crippen molar-refractivity contribution in [3.8, 4) is 0 Å². The standard InChI is InChI=1S/C17H23FN2O2/c18-16-4-1-3-15(11-16)17(21)20-7-2-6-19(8-9-20)12-14-5-10-22-13-14/h1,3-4,11,14H,2,5-10,12-13H2. The van der Waals surface area contributed by atoms with E-state index in [4.69, 9.17) is 4.74 Å². The third kappa shape index (κ3) is 3.84. The Morgan fingerprint density at radius 2 is 2.18 bits per heavy atom. The Labute approximate surface area is 130 Å². The molecule has 0 saturated carbocycles. The lowest BCUT2D eigenvalue weighted by atomic mass is 10.1. The maximum absolute atomic E-state index is 13.3. The van der Waals surface area contributed by atoms with Gasteiger partial charge in [0.05, 0.1) is 6.61 Å². The number of carbonyl (C=O) groups excluding carboxylic acids is 1. The van der Waals surface area contributed by atoms with E-state index in [9.17, 15) is 9.18 Å². The van der Waals surface area contributed by atoms with Crippen LogP contribution in [0.15, 0.2) is 24.3 Å². The number of hydrogen-bond acceptors (Lipinski definition) is 3. The number of halogens is 1. The Balaban J connectivity index is 1.56. The molecule has 0 radical (unpaired) electrons. The van der Waals surface area contributed by atoms with Crippen LogP contribution in [0.1, 0.15) is 23.2 Å². The van der Waals surface area contributed by atoms with Gasteiger partial charge in [-0.3, -0.25) is 4.79 Å². The summed E-state index contributed by atoms with van der Waals surface area (Å²) in [5.74, 6) is 0.208. The molecule has 1 aromatic rings. The zero-order valence-corrected chi connectivity index (χ0v) is 12.8. The molecule has 22 heavy (non-hydrogen) atoms. The first-order valence-electron chi connectivity index (χ1n) is 8.07. The van der Waals surface area contributed by atoms with E-state index in [1.54, 1.807) is 12.1 Å². The van der Waals surface area contributed by atoms with Crippen LogP contribution in [0, 0.1) is 11.7 Å². The second kappa shape index (κ2) is 7.20. The maximum Gasteiger partial charge on any atom is 0.254 e. The van der Waals surface area contributed by atoms with Crippen LogP contribution in [0.3, 0.4) is 0 Å². The van der Waals surface area contributed by atoms with Gasteiger partial charge in [-0.25, -0.2) is 4.39 Å². The van der Waals surface area contributed by atoms with E-state index in [1.807, 2.05) is 4.90 Å². The van der Waals surface area contributed by atoms with Crippen LogP contribution >= 0.6 is 0 Å². The van der Waals surface area contributed by atoms with Crippen molar-refractivity contribution in [2.24, 2.45) is 5.92 Å². The highest BCUT2D eigenvalue weighted by Crippen LogP contribution is 2.16. The zero-order valence-electron chi connectivity index (χ0n) is 12.8. The third-order valence-corrected chi connectivity index (χ3v) is 4.49. The topological polar surface area (TPSA) is 32.8 Å². The summed E-state index contributed by atoms with van der Waals surface area (Å²) in [4.78, 5) is 16.8. The minimum atomic E-state index is -0.358. The molecule has 1 atom stereocenters. The fourth-order valence-electron chi connectivity index (χ4n) is 3.25. The molecule has 0 aliphatic carbocycles. The number of carbonyl (C=O) groups is 1. The zero-order chi connectivity index (χ0) is 15.4. The molecule has 5 heteroatoms. The second-order valence-electron chi connectivity index (χ2n) is 6.19. The van der Waals surface area contributed by atoms with Crippen molar-refractivity contribution in [2.75, 3.05) is 45.9 Å². The number of benzene rings is 1.